The van der Waals surface area contributed by atoms with Crippen LogP contribution in [-0.4, -0.2) is 4.98 Å². The molecule has 0 N–H and O–H groups in total. The third kappa shape index (κ3) is 3.54. The Balaban J connectivity index is 0.000000291. The number of nitrogens with zero attached hydrogens (tertiary/aromatic N) is 1. The highest BCUT2D eigenvalue weighted by Crippen LogP contribution is 2.09. The van der Waals surface area contributed by atoms with Crippen molar-refractivity contribution in [2.45, 2.75) is 25.8 Å². The monoisotopic (exact) mass is 161 g/mol. The van der Waals surface area contributed by atoms with E-state index in [-0.39, 0.29) is 0 Å². The summed E-state index contributed by atoms with van der Waals surface area (Å²) in [6.45, 7) is 5.96. The van der Waals surface area contributed by atoms with Crippen LogP contribution in [0.25, 0.3) is 0 Å². The largest absolute Gasteiger partial charge is 0.235 e. The number of aryl methyl sites for hydroxylation is 1. The molecule has 0 aromatic carbocycles. The summed E-state index contributed by atoms with van der Waals surface area (Å²) in [5.74, 6) is 0. The molecule has 0 bridgehead atoms. The SMILES string of the molecule is CC.Cc1nc(S)cs1. The first-order valence-corrected chi connectivity index (χ1v) is 4.23. The molecule has 1 aromatic rings. The molecule has 0 unspecified atom stereocenters. The standard InChI is InChI=1S/C4H5NS2.C2H6/c1-3-5-4(6)2-7-3;1-2/h2,6H,1H3;1-2H3. The van der Waals surface area contributed by atoms with Gasteiger partial charge >= 0.3 is 0 Å². The molecule has 3 heteroatoms. The predicted molar refractivity (Wildman–Crippen MR) is 45.5 cm³/mol. The molecule has 0 radical (unpaired) electrons. The fourth-order valence-corrected chi connectivity index (χ4v) is 1.21. The quantitative estimate of drug-likeness (QED) is 0.577. The molecule has 1 aromatic heterocycles. The molecule has 52 valence electrons. The third-order valence-corrected chi connectivity index (χ3v) is 1.78. The van der Waals surface area contributed by atoms with E-state index in [9.17, 15) is 0 Å². The summed E-state index contributed by atoms with van der Waals surface area (Å²) in [6, 6.07) is 0. The maximum atomic E-state index is 4.00. The maximum Gasteiger partial charge on any atom is 0.104 e. The van der Waals surface area contributed by atoms with Crippen LogP contribution < -0.4 is 0 Å². The van der Waals surface area contributed by atoms with Gasteiger partial charge in [-0.15, -0.1) is 24.0 Å². The highest BCUT2D eigenvalue weighted by Gasteiger charge is 1.87. The van der Waals surface area contributed by atoms with Gasteiger partial charge in [0.05, 0.1) is 5.01 Å². The van der Waals surface area contributed by atoms with E-state index in [0.717, 1.165) is 10.0 Å². The van der Waals surface area contributed by atoms with Gasteiger partial charge in [-0.25, -0.2) is 4.98 Å². The van der Waals surface area contributed by atoms with E-state index in [1.54, 1.807) is 11.3 Å². The molecule has 1 nitrogen and oxygen atoms in total. The average Bonchev–Trinajstić information content (AvgIpc) is 2.20. The Morgan fingerprint density at radius 2 is 2.11 bits per heavy atom. The van der Waals surface area contributed by atoms with Gasteiger partial charge in [-0.2, -0.15) is 0 Å². The first kappa shape index (κ1) is 8.98. The second-order valence-corrected chi connectivity index (χ2v) is 2.75. The van der Waals surface area contributed by atoms with Crippen LogP contribution in [0.2, 0.25) is 0 Å². The van der Waals surface area contributed by atoms with Crippen LogP contribution in [0, 0.1) is 6.92 Å². The van der Waals surface area contributed by atoms with Crippen molar-refractivity contribution in [1.82, 2.24) is 4.98 Å². The van der Waals surface area contributed by atoms with Gasteiger partial charge in [-0.3, -0.25) is 0 Å². The molecule has 0 aliphatic heterocycles. The highest BCUT2D eigenvalue weighted by molar-refractivity contribution is 7.80. The van der Waals surface area contributed by atoms with Crippen LogP contribution in [0.4, 0.5) is 0 Å². The van der Waals surface area contributed by atoms with Crippen molar-refractivity contribution in [3.05, 3.63) is 10.4 Å². The fourth-order valence-electron chi connectivity index (χ4n) is 0.352. The van der Waals surface area contributed by atoms with Crippen molar-refractivity contribution in [3.8, 4) is 0 Å². The normalized spacial score (nSPS) is 8.00. The molecule has 0 fully saturated rings. The first-order chi connectivity index (χ1) is 4.29. The smallest absolute Gasteiger partial charge is 0.104 e. The summed E-state index contributed by atoms with van der Waals surface area (Å²) in [4.78, 5) is 3.99. The lowest BCUT2D eigenvalue weighted by Gasteiger charge is -1.70. The van der Waals surface area contributed by atoms with Crippen molar-refractivity contribution in [3.63, 3.8) is 0 Å². The number of thiol groups is 1. The van der Waals surface area contributed by atoms with E-state index < -0.39 is 0 Å². The van der Waals surface area contributed by atoms with E-state index in [0.29, 0.717) is 0 Å². The first-order valence-electron chi connectivity index (χ1n) is 2.90. The van der Waals surface area contributed by atoms with Crippen LogP contribution >= 0.6 is 24.0 Å². The minimum atomic E-state index is 0.822. The molecule has 1 heterocycles. The van der Waals surface area contributed by atoms with Gasteiger partial charge < -0.3 is 0 Å². The van der Waals surface area contributed by atoms with E-state index in [4.69, 9.17) is 0 Å². The molecule has 0 saturated carbocycles. The van der Waals surface area contributed by atoms with E-state index >= 15 is 0 Å². The molecule has 0 saturated heterocycles. The van der Waals surface area contributed by atoms with Gasteiger partial charge in [0.15, 0.2) is 0 Å². The zero-order valence-corrected chi connectivity index (χ0v) is 7.59. The molecule has 0 spiro atoms. The number of thiazole rings is 1. The van der Waals surface area contributed by atoms with Gasteiger partial charge in [-0.1, -0.05) is 13.8 Å². The highest BCUT2D eigenvalue weighted by atomic mass is 32.1. The summed E-state index contributed by atoms with van der Waals surface area (Å²) in [7, 11) is 0. The summed E-state index contributed by atoms with van der Waals surface area (Å²) < 4.78 is 0. The lowest BCUT2D eigenvalue weighted by molar-refractivity contribution is 1.15. The van der Waals surface area contributed by atoms with Crippen molar-refractivity contribution >= 4 is 24.0 Å². The zero-order chi connectivity index (χ0) is 7.28. The lowest BCUT2D eigenvalue weighted by atomic mass is 10.8. The summed E-state index contributed by atoms with van der Waals surface area (Å²) in [5, 5.41) is 3.81. The molecule has 0 aliphatic rings. The second kappa shape index (κ2) is 4.82. The van der Waals surface area contributed by atoms with Crippen LogP contribution in [-0.2, 0) is 0 Å². The number of aromatic nitrogens is 1. The van der Waals surface area contributed by atoms with Gasteiger partial charge in [0.25, 0.3) is 0 Å². The molecular weight excluding hydrogens is 150 g/mol. The van der Waals surface area contributed by atoms with Gasteiger partial charge in [0.1, 0.15) is 5.03 Å². The van der Waals surface area contributed by atoms with Crippen molar-refractivity contribution in [2.24, 2.45) is 0 Å². The Morgan fingerprint density at radius 1 is 1.56 bits per heavy atom. The second-order valence-electron chi connectivity index (χ2n) is 1.22. The molecular formula is C6H11NS2. The topological polar surface area (TPSA) is 12.9 Å². The van der Waals surface area contributed by atoms with Crippen molar-refractivity contribution in [2.75, 3.05) is 0 Å². The summed E-state index contributed by atoms with van der Waals surface area (Å²) in [6.07, 6.45) is 0. The Hall–Kier alpha value is -0.0200. The Morgan fingerprint density at radius 3 is 2.22 bits per heavy atom. The summed E-state index contributed by atoms with van der Waals surface area (Å²) in [5.41, 5.74) is 0. The van der Waals surface area contributed by atoms with E-state index in [1.807, 2.05) is 26.2 Å². The fraction of sp³-hybridized carbons (Fsp3) is 0.500. The lowest BCUT2D eigenvalue weighted by Crippen LogP contribution is -1.62. The molecule has 0 aliphatic carbocycles. The Labute approximate surface area is 65.5 Å². The van der Waals surface area contributed by atoms with Crippen LogP contribution in [0.1, 0.15) is 18.9 Å². The molecule has 0 atom stereocenters. The van der Waals surface area contributed by atoms with E-state index in [1.165, 1.54) is 0 Å². The van der Waals surface area contributed by atoms with Gasteiger partial charge in [0, 0.05) is 5.38 Å². The molecule has 0 amide bonds. The maximum absolute atomic E-state index is 4.00. The molecule has 9 heavy (non-hydrogen) atoms. The van der Waals surface area contributed by atoms with Crippen LogP contribution in [0.3, 0.4) is 0 Å². The number of hydrogen-bond donors (Lipinski definition) is 1. The van der Waals surface area contributed by atoms with Crippen molar-refractivity contribution < 1.29 is 0 Å². The Kier molecular flexibility index (Phi) is 4.81. The van der Waals surface area contributed by atoms with Crippen LogP contribution in [0.15, 0.2) is 10.4 Å². The Bertz CT molecular complexity index is 143. The predicted octanol–water partition coefficient (Wildman–Crippen LogP) is 2.77. The number of rotatable bonds is 0. The van der Waals surface area contributed by atoms with Gasteiger partial charge in [0.2, 0.25) is 0 Å². The minimum Gasteiger partial charge on any atom is -0.235 e. The summed E-state index contributed by atoms with van der Waals surface area (Å²) >= 11 is 5.62. The zero-order valence-electron chi connectivity index (χ0n) is 5.88. The minimum absolute atomic E-state index is 0.822. The average molecular weight is 161 g/mol. The van der Waals surface area contributed by atoms with Crippen molar-refractivity contribution in [1.29, 1.82) is 0 Å². The van der Waals surface area contributed by atoms with E-state index in [2.05, 4.69) is 17.6 Å². The third-order valence-electron chi connectivity index (χ3n) is 0.607. The van der Waals surface area contributed by atoms with Crippen LogP contribution in [0.5, 0.6) is 0 Å². The van der Waals surface area contributed by atoms with Gasteiger partial charge in [-0.05, 0) is 6.92 Å². The number of hydrogen-bond acceptors (Lipinski definition) is 3. The molecule has 1 rings (SSSR count).